The summed E-state index contributed by atoms with van der Waals surface area (Å²) in [4.78, 5) is 21.9. The molecule has 7 atom stereocenters. The van der Waals surface area contributed by atoms with E-state index in [0.29, 0.717) is 17.9 Å². The van der Waals surface area contributed by atoms with Gasteiger partial charge in [0.25, 0.3) is 5.91 Å². The zero-order valence-corrected chi connectivity index (χ0v) is 15.2. The number of likely N-dealkylation sites (tertiary alicyclic amines) is 1. The first-order chi connectivity index (χ1) is 12.6. The van der Waals surface area contributed by atoms with Crippen molar-refractivity contribution in [3.63, 3.8) is 0 Å². The van der Waals surface area contributed by atoms with Crippen molar-refractivity contribution in [1.82, 2.24) is 4.90 Å². The molecule has 1 aromatic carbocycles. The fraction of sp³-hybridized carbons (Fsp3) is 0.571. The minimum Gasteiger partial charge on any atom is -0.376 e. The van der Waals surface area contributed by atoms with Crippen molar-refractivity contribution in [3.8, 4) is 0 Å². The molecule has 3 heterocycles. The average molecular weight is 352 g/mol. The summed E-state index contributed by atoms with van der Waals surface area (Å²) in [5.41, 5.74) is 1.27. The minimum absolute atomic E-state index is 0.0170. The fourth-order valence-electron chi connectivity index (χ4n) is 7.64. The van der Waals surface area contributed by atoms with Crippen LogP contribution in [0.25, 0.3) is 0 Å². The molecular weight excluding hydrogens is 328 g/mol. The molecule has 5 nitrogen and oxygen atoms in total. The Morgan fingerprint density at radius 2 is 2.19 bits per heavy atom. The van der Waals surface area contributed by atoms with Crippen LogP contribution in [0, 0.1) is 23.2 Å². The molecule has 0 radical (unpaired) electrons. The SMILES string of the molecule is C=C[C@@]12CN(C)[C@H]3[C@@H]4CO[C@H](C[C@H]41)[C@]1(C(=O)N(OC)c4ccccc41)[C@H]32. The molecule has 5 aliphatic rings. The molecule has 136 valence electrons. The Morgan fingerprint density at radius 1 is 1.38 bits per heavy atom. The Labute approximate surface area is 153 Å². The fourth-order valence-corrected chi connectivity index (χ4v) is 7.64. The lowest BCUT2D eigenvalue weighted by atomic mass is 9.51. The van der Waals surface area contributed by atoms with Crippen LogP contribution in [-0.2, 0) is 19.8 Å². The summed E-state index contributed by atoms with van der Waals surface area (Å²) in [6.45, 7) is 6.00. The molecule has 0 N–H and O–H groups in total. The van der Waals surface area contributed by atoms with Crippen LogP contribution in [0.1, 0.15) is 12.0 Å². The number of carbonyl (C=O) groups excluding carboxylic acids is 1. The van der Waals surface area contributed by atoms with Crippen LogP contribution in [0.4, 0.5) is 5.69 Å². The number of anilines is 1. The van der Waals surface area contributed by atoms with Crippen molar-refractivity contribution in [1.29, 1.82) is 0 Å². The molecule has 2 saturated carbocycles. The van der Waals surface area contributed by atoms with E-state index in [1.165, 1.54) is 5.06 Å². The van der Waals surface area contributed by atoms with Gasteiger partial charge in [-0.1, -0.05) is 24.3 Å². The first kappa shape index (κ1) is 15.4. The van der Waals surface area contributed by atoms with Crippen LogP contribution in [0.3, 0.4) is 0 Å². The first-order valence-electron chi connectivity index (χ1n) is 9.55. The molecule has 0 aromatic heterocycles. The number of piperidine rings is 1. The Hall–Kier alpha value is -1.69. The number of fused-ring (bicyclic) bond motifs is 5. The molecule has 26 heavy (non-hydrogen) atoms. The number of amides is 1. The van der Waals surface area contributed by atoms with Crippen molar-refractivity contribution in [2.45, 2.75) is 24.0 Å². The number of hydrogen-bond acceptors (Lipinski definition) is 4. The third kappa shape index (κ3) is 1.30. The van der Waals surface area contributed by atoms with Crippen molar-refractivity contribution in [3.05, 3.63) is 42.5 Å². The van der Waals surface area contributed by atoms with Gasteiger partial charge in [-0.25, -0.2) is 0 Å². The van der Waals surface area contributed by atoms with Crippen molar-refractivity contribution in [2.24, 2.45) is 23.2 Å². The van der Waals surface area contributed by atoms with Gasteiger partial charge >= 0.3 is 0 Å². The highest BCUT2D eigenvalue weighted by molar-refractivity contribution is 6.08. The van der Waals surface area contributed by atoms with E-state index < -0.39 is 5.41 Å². The lowest BCUT2D eigenvalue weighted by molar-refractivity contribution is -0.159. The van der Waals surface area contributed by atoms with Crippen LogP contribution in [0.5, 0.6) is 0 Å². The van der Waals surface area contributed by atoms with Gasteiger partial charge in [0.2, 0.25) is 0 Å². The van der Waals surface area contributed by atoms with Gasteiger partial charge in [-0.05, 0) is 31.0 Å². The van der Waals surface area contributed by atoms with Crippen LogP contribution < -0.4 is 5.06 Å². The quantitative estimate of drug-likeness (QED) is 0.764. The molecule has 5 bridgehead atoms. The number of carbonyl (C=O) groups is 1. The van der Waals surface area contributed by atoms with Gasteiger partial charge < -0.3 is 9.64 Å². The maximum absolute atomic E-state index is 13.9. The lowest BCUT2D eigenvalue weighted by Crippen LogP contribution is -2.63. The van der Waals surface area contributed by atoms with E-state index in [4.69, 9.17) is 9.57 Å². The molecule has 1 aromatic rings. The molecule has 4 fully saturated rings. The third-order valence-corrected chi connectivity index (χ3v) is 8.22. The topological polar surface area (TPSA) is 42.0 Å². The second kappa shape index (κ2) is 4.58. The minimum atomic E-state index is -0.669. The van der Waals surface area contributed by atoms with Gasteiger partial charge in [-0.15, -0.1) is 6.58 Å². The van der Waals surface area contributed by atoms with Gasteiger partial charge in [0.15, 0.2) is 0 Å². The number of benzene rings is 1. The predicted molar refractivity (Wildman–Crippen MR) is 96.5 cm³/mol. The average Bonchev–Trinajstić information content (AvgIpc) is 3.13. The maximum atomic E-state index is 13.9. The highest BCUT2D eigenvalue weighted by atomic mass is 16.7. The van der Waals surface area contributed by atoms with Crippen LogP contribution >= 0.6 is 0 Å². The number of ether oxygens (including phenoxy) is 1. The summed E-state index contributed by atoms with van der Waals surface area (Å²) in [7, 11) is 3.78. The largest absolute Gasteiger partial charge is 0.376 e. The number of hydroxylamine groups is 1. The smallest absolute Gasteiger partial charge is 0.264 e. The van der Waals surface area contributed by atoms with Crippen LogP contribution in [0.15, 0.2) is 36.9 Å². The number of nitrogens with zero attached hydrogens (tertiary/aromatic N) is 2. The third-order valence-electron chi connectivity index (χ3n) is 8.22. The maximum Gasteiger partial charge on any atom is 0.264 e. The monoisotopic (exact) mass is 352 g/mol. The van der Waals surface area contributed by atoms with E-state index in [1.807, 2.05) is 18.2 Å². The van der Waals surface area contributed by atoms with Crippen molar-refractivity contribution in [2.75, 3.05) is 32.4 Å². The van der Waals surface area contributed by atoms with E-state index in [2.05, 4.69) is 30.7 Å². The molecule has 6 rings (SSSR count). The Morgan fingerprint density at radius 3 is 2.96 bits per heavy atom. The molecule has 3 aliphatic heterocycles. The van der Waals surface area contributed by atoms with E-state index in [0.717, 1.165) is 30.8 Å². The van der Waals surface area contributed by atoms with E-state index in [9.17, 15) is 4.79 Å². The van der Waals surface area contributed by atoms with Crippen LogP contribution in [-0.4, -0.2) is 50.3 Å². The van der Waals surface area contributed by atoms with Gasteiger partial charge in [0.1, 0.15) is 5.41 Å². The predicted octanol–water partition coefficient (Wildman–Crippen LogP) is 1.98. The number of hydrogen-bond donors (Lipinski definition) is 0. The van der Waals surface area contributed by atoms with Crippen molar-refractivity contribution >= 4 is 11.6 Å². The molecule has 5 heteroatoms. The van der Waals surface area contributed by atoms with E-state index >= 15 is 0 Å². The molecule has 2 saturated heterocycles. The molecular formula is C21H24N2O3. The molecule has 1 amide bonds. The van der Waals surface area contributed by atoms with Gasteiger partial charge in [0, 0.05) is 29.8 Å². The van der Waals surface area contributed by atoms with Gasteiger partial charge in [0.05, 0.1) is 25.5 Å². The van der Waals surface area contributed by atoms with E-state index in [1.54, 1.807) is 7.11 Å². The summed E-state index contributed by atoms with van der Waals surface area (Å²) in [6, 6.07) is 8.47. The second-order valence-electron chi connectivity index (χ2n) is 8.70. The number of para-hydroxylation sites is 1. The van der Waals surface area contributed by atoms with Gasteiger partial charge in [-0.2, -0.15) is 5.06 Å². The lowest BCUT2D eigenvalue weighted by Gasteiger charge is -2.54. The standard InChI is InChI=1S/C21H24N2O3/c1-4-20-11-22(2)17-12-10-26-16(9-14(12)20)21(18(17)20)13-7-5-6-8-15(13)23(25-3)19(21)24/h4-8,12,14,16-18H,1,9-11H2,2-3H3/t12-,14-,16-,17+,18-,20-,21+/m1/s1. The summed E-state index contributed by atoms with van der Waals surface area (Å²) >= 11 is 0. The Kier molecular flexibility index (Phi) is 2.71. The second-order valence-corrected chi connectivity index (χ2v) is 8.70. The zero-order chi connectivity index (χ0) is 17.8. The summed E-state index contributed by atoms with van der Waals surface area (Å²) < 4.78 is 6.39. The highest BCUT2D eigenvalue weighted by Gasteiger charge is 2.80. The van der Waals surface area contributed by atoms with E-state index in [-0.39, 0.29) is 23.3 Å². The number of rotatable bonds is 2. The van der Waals surface area contributed by atoms with Crippen LogP contribution in [0.2, 0.25) is 0 Å². The van der Waals surface area contributed by atoms with Crippen molar-refractivity contribution < 1.29 is 14.4 Å². The van der Waals surface area contributed by atoms with Gasteiger partial charge in [-0.3, -0.25) is 9.63 Å². The zero-order valence-electron chi connectivity index (χ0n) is 15.2. The highest BCUT2D eigenvalue weighted by Crippen LogP contribution is 2.73. The normalized spacial score (nSPS) is 47.8. The summed E-state index contributed by atoms with van der Waals surface area (Å²) in [5.74, 6) is 1.31. The first-order valence-corrected chi connectivity index (χ1v) is 9.55. The summed E-state index contributed by atoms with van der Waals surface area (Å²) in [6.07, 6.45) is 3.04. The Bertz CT molecular complexity index is 840. The molecule has 0 unspecified atom stereocenters. The summed E-state index contributed by atoms with van der Waals surface area (Å²) in [5, 5.41) is 1.50. The Balaban J connectivity index is 1.68. The molecule has 1 spiro atoms. The molecule has 2 aliphatic carbocycles.